The lowest BCUT2D eigenvalue weighted by atomic mass is 10.2. The Morgan fingerprint density at radius 1 is 1.30 bits per heavy atom. The molecule has 128 valence electrons. The molecule has 1 aromatic carbocycles. The number of hydrogen-bond acceptors (Lipinski definition) is 7. The van der Waals surface area contributed by atoms with Crippen LogP contribution in [0.4, 0.5) is 5.69 Å². The summed E-state index contributed by atoms with van der Waals surface area (Å²) in [5, 5.41) is 9.21. The summed E-state index contributed by atoms with van der Waals surface area (Å²) in [6.07, 6.45) is -1.30. The van der Waals surface area contributed by atoms with Gasteiger partial charge >= 0.3 is 11.9 Å². The Labute approximate surface area is 136 Å². The van der Waals surface area contributed by atoms with E-state index in [1.165, 1.54) is 25.1 Å². The van der Waals surface area contributed by atoms with Crippen LogP contribution in [0.2, 0.25) is 0 Å². The number of likely N-dealkylation sites (N-methyl/N-ethyl adjacent to an activating group) is 1. The zero-order valence-electron chi connectivity index (χ0n) is 13.7. The van der Waals surface area contributed by atoms with E-state index in [-0.39, 0.29) is 17.9 Å². The molecule has 1 atom stereocenters. The zero-order chi connectivity index (χ0) is 17.4. The number of carbonyl (C=O) groups excluding carboxylic acids is 2. The first-order valence-electron chi connectivity index (χ1n) is 7.57. The molecule has 0 radical (unpaired) electrons. The van der Waals surface area contributed by atoms with E-state index in [0.717, 1.165) is 13.1 Å². The van der Waals surface area contributed by atoms with E-state index in [0.29, 0.717) is 12.2 Å². The van der Waals surface area contributed by atoms with E-state index in [2.05, 4.69) is 4.90 Å². The van der Waals surface area contributed by atoms with E-state index in [4.69, 9.17) is 15.2 Å². The standard InChI is InChI=1S/C16H24N2O5/c1-4-18(5-2)8-9-22-16(21)13-7-6-12(17)10-14(13)23-15(20)11(3)19/h6-7,10-11,19H,4-5,8-9,17H2,1-3H3. The van der Waals surface area contributed by atoms with Gasteiger partial charge in [0.05, 0.1) is 0 Å². The molecule has 7 heteroatoms. The fourth-order valence-electron chi connectivity index (χ4n) is 1.87. The minimum atomic E-state index is -1.30. The van der Waals surface area contributed by atoms with Gasteiger partial charge in [-0.1, -0.05) is 13.8 Å². The Balaban J connectivity index is 2.77. The number of hydrogen-bond donors (Lipinski definition) is 2. The van der Waals surface area contributed by atoms with Crippen LogP contribution in [-0.4, -0.2) is 54.3 Å². The van der Waals surface area contributed by atoms with Crippen LogP contribution < -0.4 is 10.5 Å². The molecular weight excluding hydrogens is 300 g/mol. The smallest absolute Gasteiger partial charge is 0.341 e. The van der Waals surface area contributed by atoms with Gasteiger partial charge in [0.15, 0.2) is 0 Å². The first-order chi connectivity index (χ1) is 10.9. The molecule has 1 aromatic rings. The van der Waals surface area contributed by atoms with Gasteiger partial charge in [-0.05, 0) is 32.1 Å². The van der Waals surface area contributed by atoms with Gasteiger partial charge in [0, 0.05) is 18.3 Å². The second kappa shape index (κ2) is 9.12. The number of esters is 2. The van der Waals surface area contributed by atoms with Crippen LogP contribution in [0.25, 0.3) is 0 Å². The van der Waals surface area contributed by atoms with Crippen LogP contribution in [0.3, 0.4) is 0 Å². The summed E-state index contributed by atoms with van der Waals surface area (Å²) in [5.41, 5.74) is 6.06. The molecule has 0 aliphatic heterocycles. The molecule has 0 aliphatic rings. The predicted octanol–water partition coefficient (Wildman–Crippen LogP) is 1.05. The Bertz CT molecular complexity index is 541. The largest absolute Gasteiger partial charge is 0.461 e. The molecule has 0 spiro atoms. The number of rotatable bonds is 8. The van der Waals surface area contributed by atoms with Crippen molar-refractivity contribution in [1.82, 2.24) is 4.90 Å². The number of aliphatic hydroxyl groups is 1. The maximum Gasteiger partial charge on any atom is 0.341 e. The number of ether oxygens (including phenoxy) is 2. The average Bonchev–Trinajstić information content (AvgIpc) is 2.51. The van der Waals surface area contributed by atoms with E-state index < -0.39 is 18.0 Å². The van der Waals surface area contributed by atoms with Crippen LogP contribution in [0.15, 0.2) is 18.2 Å². The van der Waals surface area contributed by atoms with Crippen molar-refractivity contribution < 1.29 is 24.2 Å². The monoisotopic (exact) mass is 324 g/mol. The van der Waals surface area contributed by atoms with E-state index in [1.54, 1.807) is 0 Å². The highest BCUT2D eigenvalue weighted by Crippen LogP contribution is 2.23. The molecule has 1 unspecified atom stereocenters. The third-order valence-corrected chi connectivity index (χ3v) is 3.31. The Hall–Kier alpha value is -2.12. The Morgan fingerprint density at radius 2 is 1.96 bits per heavy atom. The molecule has 0 saturated heterocycles. The summed E-state index contributed by atoms with van der Waals surface area (Å²) >= 11 is 0. The van der Waals surface area contributed by atoms with Crippen LogP contribution in [0, 0.1) is 0 Å². The fraction of sp³-hybridized carbons (Fsp3) is 0.500. The van der Waals surface area contributed by atoms with E-state index in [9.17, 15) is 14.7 Å². The Kier molecular flexibility index (Phi) is 7.50. The van der Waals surface area contributed by atoms with Crippen molar-refractivity contribution in [2.24, 2.45) is 0 Å². The van der Waals surface area contributed by atoms with Gasteiger partial charge in [0.2, 0.25) is 0 Å². The van der Waals surface area contributed by atoms with Crippen molar-refractivity contribution in [3.05, 3.63) is 23.8 Å². The number of benzene rings is 1. The lowest BCUT2D eigenvalue weighted by Gasteiger charge is -2.18. The summed E-state index contributed by atoms with van der Waals surface area (Å²) in [6.45, 7) is 7.92. The lowest BCUT2D eigenvalue weighted by Crippen LogP contribution is -2.28. The van der Waals surface area contributed by atoms with Gasteiger partial charge in [-0.2, -0.15) is 0 Å². The van der Waals surface area contributed by atoms with Gasteiger partial charge in [-0.25, -0.2) is 9.59 Å². The number of nitrogens with zero attached hydrogens (tertiary/aromatic N) is 1. The molecule has 23 heavy (non-hydrogen) atoms. The molecule has 0 fully saturated rings. The summed E-state index contributed by atoms with van der Waals surface area (Å²) in [7, 11) is 0. The number of carbonyl (C=O) groups is 2. The SMILES string of the molecule is CCN(CC)CCOC(=O)c1ccc(N)cc1OC(=O)C(C)O. The maximum absolute atomic E-state index is 12.2. The van der Waals surface area contributed by atoms with Gasteiger partial charge < -0.3 is 25.2 Å². The molecule has 0 heterocycles. The first kappa shape index (κ1) is 18.9. The number of nitrogens with two attached hydrogens (primary N) is 1. The van der Waals surface area contributed by atoms with Crippen LogP contribution in [0.1, 0.15) is 31.1 Å². The number of anilines is 1. The zero-order valence-corrected chi connectivity index (χ0v) is 13.7. The summed E-state index contributed by atoms with van der Waals surface area (Å²) in [5.74, 6) is -1.50. The van der Waals surface area contributed by atoms with Crippen LogP contribution >= 0.6 is 0 Å². The van der Waals surface area contributed by atoms with Crippen molar-refractivity contribution in [1.29, 1.82) is 0 Å². The van der Waals surface area contributed by atoms with Gasteiger partial charge in [-0.15, -0.1) is 0 Å². The summed E-state index contributed by atoms with van der Waals surface area (Å²) in [6, 6.07) is 4.29. The second-order valence-electron chi connectivity index (χ2n) is 5.02. The van der Waals surface area contributed by atoms with Crippen molar-refractivity contribution in [2.75, 3.05) is 32.0 Å². The second-order valence-corrected chi connectivity index (χ2v) is 5.02. The number of nitrogen functional groups attached to an aromatic ring is 1. The van der Waals surface area contributed by atoms with Crippen molar-refractivity contribution in [3.8, 4) is 5.75 Å². The molecule has 0 aliphatic carbocycles. The molecule has 3 N–H and O–H groups in total. The van der Waals surface area contributed by atoms with Crippen LogP contribution in [-0.2, 0) is 9.53 Å². The van der Waals surface area contributed by atoms with E-state index in [1.807, 2.05) is 13.8 Å². The summed E-state index contributed by atoms with van der Waals surface area (Å²) < 4.78 is 10.2. The third kappa shape index (κ3) is 5.88. The molecule has 1 rings (SSSR count). The lowest BCUT2D eigenvalue weighted by molar-refractivity contribution is -0.142. The highest BCUT2D eigenvalue weighted by atomic mass is 16.6. The molecule has 0 aromatic heterocycles. The number of aliphatic hydroxyl groups excluding tert-OH is 1. The maximum atomic E-state index is 12.2. The molecule has 0 bridgehead atoms. The highest BCUT2D eigenvalue weighted by molar-refractivity contribution is 5.94. The highest BCUT2D eigenvalue weighted by Gasteiger charge is 2.19. The molecule has 0 saturated carbocycles. The normalized spacial score (nSPS) is 12.0. The Morgan fingerprint density at radius 3 is 2.52 bits per heavy atom. The van der Waals surface area contributed by atoms with Crippen molar-refractivity contribution in [3.63, 3.8) is 0 Å². The average molecular weight is 324 g/mol. The topological polar surface area (TPSA) is 102 Å². The van der Waals surface area contributed by atoms with Crippen molar-refractivity contribution in [2.45, 2.75) is 26.9 Å². The van der Waals surface area contributed by atoms with Crippen molar-refractivity contribution >= 4 is 17.6 Å². The van der Waals surface area contributed by atoms with E-state index >= 15 is 0 Å². The third-order valence-electron chi connectivity index (χ3n) is 3.31. The van der Waals surface area contributed by atoms with Gasteiger partial charge in [-0.3, -0.25) is 0 Å². The molecule has 7 nitrogen and oxygen atoms in total. The molecular formula is C16H24N2O5. The predicted molar refractivity (Wildman–Crippen MR) is 86.2 cm³/mol. The van der Waals surface area contributed by atoms with Gasteiger partial charge in [0.25, 0.3) is 0 Å². The quantitative estimate of drug-likeness (QED) is 0.418. The van der Waals surface area contributed by atoms with Crippen LogP contribution in [0.5, 0.6) is 5.75 Å². The van der Waals surface area contributed by atoms with Gasteiger partial charge in [0.1, 0.15) is 24.0 Å². The first-order valence-corrected chi connectivity index (χ1v) is 7.57. The minimum absolute atomic E-state index is 0.0243. The summed E-state index contributed by atoms with van der Waals surface area (Å²) in [4.78, 5) is 25.8. The fourth-order valence-corrected chi connectivity index (χ4v) is 1.87. The minimum Gasteiger partial charge on any atom is -0.461 e. The molecule has 0 amide bonds.